The Morgan fingerprint density at radius 2 is 1.95 bits per heavy atom. The van der Waals surface area contributed by atoms with Crippen molar-refractivity contribution in [1.82, 2.24) is 9.62 Å². The van der Waals surface area contributed by atoms with E-state index < -0.39 is 10.0 Å². The van der Waals surface area contributed by atoms with E-state index in [1.807, 2.05) is 13.1 Å². The van der Waals surface area contributed by atoms with Crippen LogP contribution in [0, 0.1) is 5.92 Å². The van der Waals surface area contributed by atoms with Crippen molar-refractivity contribution in [1.29, 1.82) is 0 Å². The van der Waals surface area contributed by atoms with Gasteiger partial charge in [-0.1, -0.05) is 13.3 Å². The van der Waals surface area contributed by atoms with Gasteiger partial charge in [-0.25, -0.2) is 8.42 Å². The second-order valence-electron chi connectivity index (χ2n) is 5.86. The van der Waals surface area contributed by atoms with Gasteiger partial charge < -0.3 is 5.32 Å². The highest BCUT2D eigenvalue weighted by molar-refractivity contribution is 7.91. The smallest absolute Gasteiger partial charge is 0.252 e. The minimum Gasteiger partial charge on any atom is -0.315 e. The van der Waals surface area contributed by atoms with Crippen LogP contribution >= 0.6 is 11.3 Å². The summed E-state index contributed by atoms with van der Waals surface area (Å²) in [6.45, 7) is 2.94. The molecule has 0 saturated heterocycles. The molecule has 0 aromatic carbocycles. The summed E-state index contributed by atoms with van der Waals surface area (Å²) in [5.41, 5.74) is 0. The number of hydrogen-bond acceptors (Lipinski definition) is 4. The standard InChI is InChI=1S/C15H26N2O2S2/c1-4-12-5-7-13(8-6-12)17(3)21(18,19)15-10-9-14(20-15)11-16-2/h9-10,12-13,16H,4-8,11H2,1-3H3. The summed E-state index contributed by atoms with van der Waals surface area (Å²) in [5, 5.41) is 3.05. The minimum atomic E-state index is -3.34. The Morgan fingerprint density at radius 1 is 1.29 bits per heavy atom. The molecule has 1 aliphatic rings. The maximum absolute atomic E-state index is 12.7. The van der Waals surface area contributed by atoms with Gasteiger partial charge in [0.1, 0.15) is 4.21 Å². The number of nitrogens with one attached hydrogen (secondary N) is 1. The molecule has 6 heteroatoms. The number of thiophene rings is 1. The van der Waals surface area contributed by atoms with Gasteiger partial charge in [-0.15, -0.1) is 11.3 Å². The highest BCUT2D eigenvalue weighted by Gasteiger charge is 2.31. The first-order valence-corrected chi connectivity index (χ1v) is 9.96. The molecular formula is C15H26N2O2S2. The van der Waals surface area contributed by atoms with Crippen molar-refractivity contribution < 1.29 is 8.42 Å². The normalized spacial score (nSPS) is 23.6. The first-order chi connectivity index (χ1) is 9.98. The number of hydrogen-bond donors (Lipinski definition) is 1. The van der Waals surface area contributed by atoms with Gasteiger partial charge in [0.25, 0.3) is 10.0 Å². The van der Waals surface area contributed by atoms with Gasteiger partial charge in [0.05, 0.1) is 0 Å². The molecule has 1 heterocycles. The molecule has 1 saturated carbocycles. The van der Waals surface area contributed by atoms with Crippen LogP contribution in [0.5, 0.6) is 0 Å². The van der Waals surface area contributed by atoms with Crippen LogP contribution in [0.3, 0.4) is 0 Å². The van der Waals surface area contributed by atoms with Crippen molar-refractivity contribution in [3.8, 4) is 0 Å². The van der Waals surface area contributed by atoms with Gasteiger partial charge >= 0.3 is 0 Å². The van der Waals surface area contributed by atoms with E-state index in [2.05, 4.69) is 12.2 Å². The Labute approximate surface area is 132 Å². The Kier molecular flexibility index (Phi) is 5.82. The molecule has 21 heavy (non-hydrogen) atoms. The summed E-state index contributed by atoms with van der Waals surface area (Å²) in [7, 11) is 0.271. The van der Waals surface area contributed by atoms with Crippen LogP contribution in [0.2, 0.25) is 0 Å². The van der Waals surface area contributed by atoms with Crippen LogP contribution in [0.15, 0.2) is 16.3 Å². The van der Waals surface area contributed by atoms with Crippen LogP contribution in [-0.4, -0.2) is 32.9 Å². The molecule has 120 valence electrons. The highest BCUT2D eigenvalue weighted by atomic mass is 32.2. The quantitative estimate of drug-likeness (QED) is 0.872. The molecular weight excluding hydrogens is 304 g/mol. The zero-order valence-electron chi connectivity index (χ0n) is 13.1. The first-order valence-electron chi connectivity index (χ1n) is 7.70. The van der Waals surface area contributed by atoms with E-state index in [1.54, 1.807) is 17.4 Å². The molecule has 0 amide bonds. The molecule has 0 unspecified atom stereocenters. The summed E-state index contributed by atoms with van der Waals surface area (Å²) >= 11 is 1.37. The summed E-state index contributed by atoms with van der Waals surface area (Å²) < 4.78 is 27.5. The maximum atomic E-state index is 12.7. The zero-order valence-corrected chi connectivity index (χ0v) is 14.8. The third kappa shape index (κ3) is 3.86. The van der Waals surface area contributed by atoms with Crippen molar-refractivity contribution in [2.75, 3.05) is 14.1 Å². The number of sulfonamides is 1. The molecule has 1 aromatic heterocycles. The largest absolute Gasteiger partial charge is 0.315 e. The van der Waals surface area contributed by atoms with Gasteiger partial charge in [-0.2, -0.15) is 4.31 Å². The van der Waals surface area contributed by atoms with E-state index in [0.717, 1.165) is 36.5 Å². The van der Waals surface area contributed by atoms with Gasteiger partial charge in [-0.3, -0.25) is 0 Å². The van der Waals surface area contributed by atoms with E-state index in [9.17, 15) is 8.42 Å². The van der Waals surface area contributed by atoms with Crippen LogP contribution in [0.4, 0.5) is 0 Å². The molecule has 0 bridgehead atoms. The number of rotatable bonds is 6. The maximum Gasteiger partial charge on any atom is 0.252 e. The van der Waals surface area contributed by atoms with Crippen LogP contribution in [0.25, 0.3) is 0 Å². The van der Waals surface area contributed by atoms with E-state index in [1.165, 1.54) is 17.8 Å². The SMILES string of the molecule is CCC1CCC(N(C)S(=O)(=O)c2ccc(CNC)s2)CC1. The average Bonchev–Trinajstić information content (AvgIpc) is 2.96. The molecule has 4 nitrogen and oxygen atoms in total. The zero-order chi connectivity index (χ0) is 15.5. The predicted molar refractivity (Wildman–Crippen MR) is 88.1 cm³/mol. The Morgan fingerprint density at radius 3 is 2.52 bits per heavy atom. The van der Waals surface area contributed by atoms with E-state index >= 15 is 0 Å². The number of nitrogens with zero attached hydrogens (tertiary/aromatic N) is 1. The van der Waals surface area contributed by atoms with E-state index in [-0.39, 0.29) is 6.04 Å². The molecule has 0 spiro atoms. The fraction of sp³-hybridized carbons (Fsp3) is 0.733. The summed E-state index contributed by atoms with van der Waals surface area (Å²) in [6.07, 6.45) is 5.49. The van der Waals surface area contributed by atoms with E-state index in [4.69, 9.17) is 0 Å². The van der Waals surface area contributed by atoms with Crippen LogP contribution in [0.1, 0.15) is 43.9 Å². The monoisotopic (exact) mass is 330 g/mol. The Bertz CT molecular complexity index is 546. The van der Waals surface area contributed by atoms with Gasteiger partial charge in [-0.05, 0) is 50.8 Å². The lowest BCUT2D eigenvalue weighted by Crippen LogP contribution is -2.39. The third-order valence-electron chi connectivity index (χ3n) is 4.53. The molecule has 2 rings (SSSR count). The molecule has 1 fully saturated rings. The van der Waals surface area contributed by atoms with Crippen molar-refractivity contribution in [3.05, 3.63) is 17.0 Å². The van der Waals surface area contributed by atoms with Crippen molar-refractivity contribution in [3.63, 3.8) is 0 Å². The molecule has 0 aliphatic heterocycles. The minimum absolute atomic E-state index is 0.160. The predicted octanol–water partition coefficient (Wildman–Crippen LogP) is 3.06. The molecule has 0 atom stereocenters. The van der Waals surface area contributed by atoms with Crippen molar-refractivity contribution >= 4 is 21.4 Å². The lowest BCUT2D eigenvalue weighted by molar-refractivity contribution is 0.233. The molecule has 1 aliphatic carbocycles. The molecule has 1 aromatic rings. The van der Waals surface area contributed by atoms with Crippen molar-refractivity contribution in [2.45, 2.75) is 55.8 Å². The second-order valence-corrected chi connectivity index (χ2v) is 9.25. The lowest BCUT2D eigenvalue weighted by Gasteiger charge is -2.33. The summed E-state index contributed by atoms with van der Waals surface area (Å²) in [6, 6.07) is 3.80. The van der Waals surface area contributed by atoms with Crippen molar-refractivity contribution in [2.24, 2.45) is 5.92 Å². The highest BCUT2D eigenvalue weighted by Crippen LogP contribution is 2.32. The van der Waals surface area contributed by atoms with Crippen LogP contribution < -0.4 is 5.32 Å². The fourth-order valence-corrected chi connectivity index (χ4v) is 5.99. The Hall–Kier alpha value is -0.430. The summed E-state index contributed by atoms with van der Waals surface area (Å²) in [5.74, 6) is 0.779. The molecule has 1 N–H and O–H groups in total. The lowest BCUT2D eigenvalue weighted by atomic mass is 9.85. The fourth-order valence-electron chi connectivity index (χ4n) is 3.02. The topological polar surface area (TPSA) is 49.4 Å². The third-order valence-corrected chi connectivity index (χ3v) is 7.99. The molecule has 0 radical (unpaired) electrons. The Balaban J connectivity index is 2.07. The first kappa shape index (κ1) is 16.9. The second kappa shape index (κ2) is 7.22. The van der Waals surface area contributed by atoms with E-state index in [0.29, 0.717) is 10.8 Å². The van der Waals surface area contributed by atoms with Crippen LogP contribution in [-0.2, 0) is 16.6 Å². The average molecular weight is 331 g/mol. The van der Waals surface area contributed by atoms with Gasteiger partial charge in [0.15, 0.2) is 0 Å². The van der Waals surface area contributed by atoms with Gasteiger partial charge in [0, 0.05) is 24.5 Å². The van der Waals surface area contributed by atoms with Gasteiger partial charge in [0.2, 0.25) is 0 Å². The summed E-state index contributed by atoms with van der Waals surface area (Å²) in [4.78, 5) is 1.05.